The van der Waals surface area contributed by atoms with Gasteiger partial charge in [-0.3, -0.25) is 4.79 Å². The van der Waals surface area contributed by atoms with Crippen LogP contribution in [0, 0.1) is 6.92 Å². The molecule has 1 heterocycles. The topological polar surface area (TPSA) is 56.8 Å². The van der Waals surface area contributed by atoms with Gasteiger partial charge in [0.05, 0.1) is 5.41 Å². The molecule has 8 heteroatoms. The number of hydrogen-bond donors (Lipinski definition) is 1. The van der Waals surface area contributed by atoms with Gasteiger partial charge >= 0.3 is 6.36 Å². The maximum absolute atomic E-state index is 13.2. The number of carbonyl (C=O) groups is 1. The highest BCUT2D eigenvalue weighted by molar-refractivity contribution is 6.02. The molecule has 1 aliphatic carbocycles. The molecule has 0 radical (unpaired) electrons. The summed E-state index contributed by atoms with van der Waals surface area (Å²) in [4.78, 5) is 13.2. The van der Waals surface area contributed by atoms with Crippen molar-refractivity contribution in [3.05, 3.63) is 71.8 Å². The third kappa shape index (κ3) is 4.08. The SMILES string of the molecule is Cc1ccccc1-c1cc(NC(=O)C2(c3ccc4c(c3)OCO4)CC2)ccc1OC(F)(F)F. The molecule has 170 valence electrons. The first kappa shape index (κ1) is 21.2. The van der Waals surface area contributed by atoms with Gasteiger partial charge in [-0.05, 0) is 66.8 Å². The minimum atomic E-state index is -4.83. The van der Waals surface area contributed by atoms with E-state index in [0.717, 1.165) is 11.1 Å². The van der Waals surface area contributed by atoms with Crippen LogP contribution in [0.5, 0.6) is 17.2 Å². The quantitative estimate of drug-likeness (QED) is 0.516. The van der Waals surface area contributed by atoms with Gasteiger partial charge in [0, 0.05) is 11.3 Å². The molecule has 1 aliphatic heterocycles. The monoisotopic (exact) mass is 455 g/mol. The number of benzene rings is 3. The molecular weight excluding hydrogens is 435 g/mol. The molecule has 5 nitrogen and oxygen atoms in total. The van der Waals surface area contributed by atoms with Crippen molar-refractivity contribution in [3.8, 4) is 28.4 Å². The number of amides is 1. The van der Waals surface area contributed by atoms with E-state index in [2.05, 4.69) is 10.1 Å². The number of rotatable bonds is 5. The second-order valence-electron chi connectivity index (χ2n) is 8.18. The smallest absolute Gasteiger partial charge is 0.454 e. The lowest BCUT2D eigenvalue weighted by molar-refractivity contribution is -0.274. The molecule has 0 saturated heterocycles. The Kier molecular flexibility index (Phi) is 4.96. The molecule has 0 spiro atoms. The summed E-state index contributed by atoms with van der Waals surface area (Å²) in [7, 11) is 0. The Morgan fingerprint density at radius 2 is 1.73 bits per heavy atom. The van der Waals surface area contributed by atoms with Crippen molar-refractivity contribution in [3.63, 3.8) is 0 Å². The molecule has 0 aromatic heterocycles. The van der Waals surface area contributed by atoms with E-state index in [-0.39, 0.29) is 24.0 Å². The zero-order valence-electron chi connectivity index (χ0n) is 17.7. The number of hydrogen-bond acceptors (Lipinski definition) is 4. The van der Waals surface area contributed by atoms with Gasteiger partial charge in [-0.1, -0.05) is 30.3 Å². The van der Waals surface area contributed by atoms with Gasteiger partial charge in [0.1, 0.15) is 5.75 Å². The molecule has 0 atom stereocenters. The van der Waals surface area contributed by atoms with E-state index >= 15 is 0 Å². The molecule has 0 bridgehead atoms. The van der Waals surface area contributed by atoms with Crippen LogP contribution in [0.15, 0.2) is 60.7 Å². The summed E-state index contributed by atoms with van der Waals surface area (Å²) < 4.78 is 54.0. The number of nitrogens with one attached hydrogen (secondary N) is 1. The van der Waals surface area contributed by atoms with Crippen LogP contribution in [0.1, 0.15) is 24.0 Å². The Bertz CT molecular complexity index is 1230. The standard InChI is InChI=1S/C25H20F3NO4/c1-15-4-2-3-5-18(15)19-13-17(7-9-20(19)33-25(26,27)28)29-23(30)24(10-11-24)16-6-8-21-22(12-16)32-14-31-21/h2-9,12-13H,10-11,14H2,1H3,(H,29,30). The molecule has 2 aliphatic rings. The summed E-state index contributed by atoms with van der Waals surface area (Å²) in [5.41, 5.74) is 2.12. The minimum Gasteiger partial charge on any atom is -0.454 e. The van der Waals surface area contributed by atoms with E-state index < -0.39 is 11.8 Å². The first-order chi connectivity index (χ1) is 15.7. The molecule has 5 rings (SSSR count). The van der Waals surface area contributed by atoms with Crippen LogP contribution in [-0.2, 0) is 10.2 Å². The van der Waals surface area contributed by atoms with E-state index in [4.69, 9.17) is 9.47 Å². The lowest BCUT2D eigenvalue weighted by Gasteiger charge is -2.19. The predicted molar refractivity (Wildman–Crippen MR) is 115 cm³/mol. The second kappa shape index (κ2) is 7.72. The van der Waals surface area contributed by atoms with Crippen molar-refractivity contribution in [1.82, 2.24) is 0 Å². The van der Waals surface area contributed by atoms with Crippen LogP contribution in [0.4, 0.5) is 18.9 Å². The van der Waals surface area contributed by atoms with Gasteiger partial charge in [-0.2, -0.15) is 0 Å². The van der Waals surface area contributed by atoms with Crippen LogP contribution >= 0.6 is 0 Å². The minimum absolute atomic E-state index is 0.145. The molecular formula is C25H20F3NO4. The Morgan fingerprint density at radius 1 is 0.970 bits per heavy atom. The largest absolute Gasteiger partial charge is 0.573 e. The summed E-state index contributed by atoms with van der Waals surface area (Å²) in [6, 6.07) is 16.7. The maximum Gasteiger partial charge on any atom is 0.573 e. The summed E-state index contributed by atoms with van der Waals surface area (Å²) in [5.74, 6) is 0.688. The van der Waals surface area contributed by atoms with Gasteiger partial charge in [0.2, 0.25) is 12.7 Å². The summed E-state index contributed by atoms with van der Waals surface area (Å²) in [6.45, 7) is 1.95. The highest BCUT2D eigenvalue weighted by Crippen LogP contribution is 2.51. The summed E-state index contributed by atoms with van der Waals surface area (Å²) in [5, 5.41) is 2.88. The molecule has 0 unspecified atom stereocenters. The van der Waals surface area contributed by atoms with Crippen LogP contribution in [0.3, 0.4) is 0 Å². The number of fused-ring (bicyclic) bond motifs is 1. The second-order valence-corrected chi connectivity index (χ2v) is 8.18. The molecule has 33 heavy (non-hydrogen) atoms. The molecule has 1 amide bonds. The fraction of sp³-hybridized carbons (Fsp3) is 0.240. The Labute approximate surface area is 188 Å². The highest BCUT2D eigenvalue weighted by atomic mass is 19.4. The first-order valence-electron chi connectivity index (χ1n) is 10.4. The van der Waals surface area contributed by atoms with Crippen LogP contribution in [0.2, 0.25) is 0 Å². The Morgan fingerprint density at radius 3 is 2.45 bits per heavy atom. The third-order valence-electron chi connectivity index (χ3n) is 6.01. The molecule has 1 fully saturated rings. The van der Waals surface area contributed by atoms with Crippen LogP contribution < -0.4 is 19.5 Å². The average molecular weight is 455 g/mol. The van der Waals surface area contributed by atoms with E-state index in [1.54, 1.807) is 37.3 Å². The van der Waals surface area contributed by atoms with Crippen LogP contribution in [-0.4, -0.2) is 19.1 Å². The number of anilines is 1. The van der Waals surface area contributed by atoms with Crippen molar-refractivity contribution >= 4 is 11.6 Å². The van der Waals surface area contributed by atoms with Gasteiger partial charge in [0.15, 0.2) is 11.5 Å². The van der Waals surface area contributed by atoms with E-state index in [1.165, 1.54) is 18.2 Å². The van der Waals surface area contributed by atoms with Gasteiger partial charge in [0.25, 0.3) is 0 Å². The zero-order valence-corrected chi connectivity index (χ0v) is 17.7. The predicted octanol–water partition coefficient (Wildman–Crippen LogP) is 5.96. The Balaban J connectivity index is 1.45. The summed E-state index contributed by atoms with van der Waals surface area (Å²) in [6.07, 6.45) is -3.50. The van der Waals surface area contributed by atoms with Gasteiger partial charge in [-0.15, -0.1) is 13.2 Å². The van der Waals surface area contributed by atoms with E-state index in [0.29, 0.717) is 35.6 Å². The van der Waals surface area contributed by atoms with Gasteiger partial charge < -0.3 is 19.5 Å². The number of carbonyl (C=O) groups excluding carboxylic acids is 1. The van der Waals surface area contributed by atoms with E-state index in [9.17, 15) is 18.0 Å². The highest BCUT2D eigenvalue weighted by Gasteiger charge is 2.51. The van der Waals surface area contributed by atoms with Gasteiger partial charge in [-0.25, -0.2) is 0 Å². The normalized spacial score (nSPS) is 15.8. The number of alkyl halides is 3. The zero-order chi connectivity index (χ0) is 23.2. The lowest BCUT2D eigenvalue weighted by Crippen LogP contribution is -2.27. The summed E-state index contributed by atoms with van der Waals surface area (Å²) >= 11 is 0. The van der Waals surface area contributed by atoms with Crippen molar-refractivity contribution in [2.75, 3.05) is 12.1 Å². The fourth-order valence-electron chi connectivity index (χ4n) is 4.12. The first-order valence-corrected chi connectivity index (χ1v) is 10.4. The van der Waals surface area contributed by atoms with Crippen molar-refractivity contribution in [2.24, 2.45) is 0 Å². The third-order valence-corrected chi connectivity index (χ3v) is 6.01. The van der Waals surface area contributed by atoms with Crippen LogP contribution in [0.25, 0.3) is 11.1 Å². The molecule has 1 N–H and O–H groups in total. The number of aryl methyl sites for hydroxylation is 1. The van der Waals surface area contributed by atoms with Crippen molar-refractivity contribution < 1.29 is 32.2 Å². The maximum atomic E-state index is 13.2. The number of ether oxygens (including phenoxy) is 3. The molecule has 3 aromatic rings. The molecule has 1 saturated carbocycles. The van der Waals surface area contributed by atoms with Crippen molar-refractivity contribution in [1.29, 1.82) is 0 Å². The van der Waals surface area contributed by atoms with E-state index in [1.807, 2.05) is 12.1 Å². The number of halogens is 3. The molecule has 3 aromatic carbocycles. The Hall–Kier alpha value is -3.68. The van der Waals surface area contributed by atoms with Crippen molar-refractivity contribution in [2.45, 2.75) is 31.5 Å². The lowest BCUT2D eigenvalue weighted by atomic mass is 9.94. The fourth-order valence-corrected chi connectivity index (χ4v) is 4.12. The average Bonchev–Trinajstić information content (AvgIpc) is 3.45.